The fraction of sp³-hybridized carbons (Fsp3) is 0.0256. The number of nitrogens with zero attached hydrogens (tertiary/aromatic N) is 4. The predicted molar refractivity (Wildman–Crippen MR) is 177 cm³/mol. The van der Waals surface area contributed by atoms with Gasteiger partial charge in [0.1, 0.15) is 0 Å². The van der Waals surface area contributed by atoms with Gasteiger partial charge in [-0.15, -0.1) is 5.10 Å². The maximum absolute atomic E-state index is 4.97. The Morgan fingerprint density at radius 2 is 1.07 bits per heavy atom. The minimum absolute atomic E-state index is 0.704. The molecule has 0 spiro atoms. The van der Waals surface area contributed by atoms with Gasteiger partial charge in [0.05, 0.1) is 16.7 Å². The van der Waals surface area contributed by atoms with E-state index >= 15 is 0 Å². The summed E-state index contributed by atoms with van der Waals surface area (Å²) in [5.41, 5.74) is 10.2. The summed E-state index contributed by atoms with van der Waals surface area (Å²) in [6, 6.07) is 53.2. The van der Waals surface area contributed by atoms with Crippen LogP contribution in [0.4, 0.5) is 0 Å². The van der Waals surface area contributed by atoms with Crippen LogP contribution in [0.25, 0.3) is 67.1 Å². The zero-order chi connectivity index (χ0) is 28.8. The number of hydrogen-bond donors (Lipinski definition) is 0. The Labute approximate surface area is 250 Å². The number of rotatable bonds is 5. The van der Waals surface area contributed by atoms with Crippen LogP contribution in [0.1, 0.15) is 5.56 Å². The highest BCUT2D eigenvalue weighted by Gasteiger charge is 2.17. The minimum atomic E-state index is 0.704. The summed E-state index contributed by atoms with van der Waals surface area (Å²) in [7, 11) is 0. The van der Waals surface area contributed by atoms with Crippen LogP contribution >= 0.6 is 0 Å². The van der Waals surface area contributed by atoms with Gasteiger partial charge in [-0.1, -0.05) is 115 Å². The van der Waals surface area contributed by atoms with Crippen molar-refractivity contribution in [3.05, 3.63) is 157 Å². The highest BCUT2D eigenvalue weighted by Crippen LogP contribution is 2.35. The topological polar surface area (TPSA) is 35.6 Å². The van der Waals surface area contributed by atoms with Gasteiger partial charge >= 0.3 is 0 Å². The largest absolute Gasteiger partial charge is 0.309 e. The fourth-order valence-corrected chi connectivity index (χ4v) is 5.90. The molecule has 0 radical (unpaired) electrons. The molecule has 0 fully saturated rings. The van der Waals surface area contributed by atoms with E-state index < -0.39 is 0 Å². The lowest BCUT2D eigenvalue weighted by Gasteiger charge is -2.11. The van der Waals surface area contributed by atoms with Gasteiger partial charge in [-0.05, 0) is 60.5 Å². The molecule has 0 atom stereocenters. The molecule has 0 N–H and O–H groups in total. The van der Waals surface area contributed by atoms with E-state index in [9.17, 15) is 0 Å². The van der Waals surface area contributed by atoms with E-state index in [0.717, 1.165) is 28.3 Å². The van der Waals surface area contributed by atoms with Gasteiger partial charge in [0, 0.05) is 27.6 Å². The molecule has 6 aromatic carbocycles. The van der Waals surface area contributed by atoms with Crippen molar-refractivity contribution >= 4 is 21.8 Å². The second kappa shape index (κ2) is 10.3. The van der Waals surface area contributed by atoms with Gasteiger partial charge in [-0.2, -0.15) is 0 Å². The molecule has 204 valence electrons. The van der Waals surface area contributed by atoms with E-state index in [2.05, 4.69) is 115 Å². The number of aromatic nitrogens is 4. The highest BCUT2D eigenvalue weighted by atomic mass is 15.4. The van der Waals surface area contributed by atoms with Crippen molar-refractivity contribution in [3.63, 3.8) is 0 Å². The Kier molecular flexibility index (Phi) is 5.97. The van der Waals surface area contributed by atoms with Crippen LogP contribution in [-0.4, -0.2) is 19.3 Å². The number of fused-ring (bicyclic) bond motifs is 3. The normalized spacial score (nSPS) is 11.4. The van der Waals surface area contributed by atoms with E-state index in [0.29, 0.717) is 5.82 Å². The standard InChI is InChI=1S/C39H28N4/c1-27-16-18-28(19-17-27)31-20-25-37-35(26-31)34-14-8-9-15-36(34)42(37)32-21-23-33(24-22-32)43-39(30-12-6-3-7-13-30)40-38(41-43)29-10-4-2-5-11-29/h2-26H,1H3. The molecular formula is C39H28N4. The molecule has 0 aliphatic heterocycles. The summed E-state index contributed by atoms with van der Waals surface area (Å²) in [5.74, 6) is 1.52. The first-order valence-electron chi connectivity index (χ1n) is 14.5. The number of aryl methyl sites for hydroxylation is 1. The van der Waals surface area contributed by atoms with Gasteiger partial charge in [-0.25, -0.2) is 9.67 Å². The van der Waals surface area contributed by atoms with E-state index in [1.807, 2.05) is 53.2 Å². The lowest BCUT2D eigenvalue weighted by molar-refractivity contribution is 0.889. The quantitative estimate of drug-likeness (QED) is 0.213. The summed E-state index contributed by atoms with van der Waals surface area (Å²) in [5, 5.41) is 7.45. The van der Waals surface area contributed by atoms with Crippen molar-refractivity contribution < 1.29 is 0 Å². The Hall–Kier alpha value is -5.74. The van der Waals surface area contributed by atoms with Crippen molar-refractivity contribution in [1.82, 2.24) is 19.3 Å². The Morgan fingerprint density at radius 3 is 1.81 bits per heavy atom. The Bertz CT molecular complexity index is 2210. The molecule has 8 aromatic rings. The van der Waals surface area contributed by atoms with E-state index in [-0.39, 0.29) is 0 Å². The fourth-order valence-electron chi connectivity index (χ4n) is 5.90. The second-order valence-corrected chi connectivity index (χ2v) is 10.9. The number of para-hydroxylation sites is 1. The van der Waals surface area contributed by atoms with Gasteiger partial charge < -0.3 is 4.57 Å². The minimum Gasteiger partial charge on any atom is -0.309 e. The molecule has 4 nitrogen and oxygen atoms in total. The molecule has 2 heterocycles. The Balaban J connectivity index is 1.25. The van der Waals surface area contributed by atoms with Crippen LogP contribution in [0.3, 0.4) is 0 Å². The van der Waals surface area contributed by atoms with Crippen LogP contribution in [0.2, 0.25) is 0 Å². The SMILES string of the molecule is Cc1ccc(-c2ccc3c(c2)c2ccccc2n3-c2ccc(-n3nc(-c4ccccc4)nc3-c3ccccc3)cc2)cc1. The average Bonchev–Trinajstić information content (AvgIpc) is 3.66. The lowest BCUT2D eigenvalue weighted by Crippen LogP contribution is -2.01. The van der Waals surface area contributed by atoms with Gasteiger partial charge in [0.25, 0.3) is 0 Å². The van der Waals surface area contributed by atoms with Crippen molar-refractivity contribution in [3.8, 4) is 45.3 Å². The second-order valence-electron chi connectivity index (χ2n) is 10.9. The van der Waals surface area contributed by atoms with Crippen LogP contribution < -0.4 is 0 Å². The summed E-state index contributed by atoms with van der Waals surface area (Å²) in [4.78, 5) is 4.97. The van der Waals surface area contributed by atoms with E-state index in [1.165, 1.54) is 38.5 Å². The molecule has 0 aliphatic rings. The lowest BCUT2D eigenvalue weighted by atomic mass is 10.0. The van der Waals surface area contributed by atoms with Gasteiger partial charge in [0.15, 0.2) is 11.6 Å². The Morgan fingerprint density at radius 1 is 0.465 bits per heavy atom. The molecule has 0 saturated heterocycles. The first-order chi connectivity index (χ1) is 21.2. The van der Waals surface area contributed by atoms with Crippen molar-refractivity contribution in [2.75, 3.05) is 0 Å². The predicted octanol–water partition coefficient (Wildman–Crippen LogP) is 9.67. The first kappa shape index (κ1) is 25.0. The molecule has 8 rings (SSSR count). The summed E-state index contributed by atoms with van der Waals surface area (Å²) >= 11 is 0. The monoisotopic (exact) mass is 552 g/mol. The maximum Gasteiger partial charge on any atom is 0.182 e. The van der Waals surface area contributed by atoms with Crippen molar-refractivity contribution in [2.45, 2.75) is 6.92 Å². The zero-order valence-electron chi connectivity index (χ0n) is 23.7. The summed E-state index contributed by atoms with van der Waals surface area (Å²) in [6.07, 6.45) is 0. The van der Waals surface area contributed by atoms with E-state index in [4.69, 9.17) is 10.1 Å². The molecular weight excluding hydrogens is 524 g/mol. The van der Waals surface area contributed by atoms with Gasteiger partial charge in [0.2, 0.25) is 0 Å². The van der Waals surface area contributed by atoms with Crippen LogP contribution in [-0.2, 0) is 0 Å². The number of hydrogen-bond acceptors (Lipinski definition) is 2. The molecule has 0 saturated carbocycles. The smallest absolute Gasteiger partial charge is 0.182 e. The molecule has 2 aromatic heterocycles. The molecule has 4 heteroatoms. The third-order valence-corrected chi connectivity index (χ3v) is 8.08. The molecule has 0 unspecified atom stereocenters. The van der Waals surface area contributed by atoms with Crippen molar-refractivity contribution in [2.24, 2.45) is 0 Å². The highest BCUT2D eigenvalue weighted by molar-refractivity contribution is 6.10. The molecule has 0 bridgehead atoms. The average molecular weight is 553 g/mol. The third kappa shape index (κ3) is 4.41. The van der Waals surface area contributed by atoms with E-state index in [1.54, 1.807) is 0 Å². The van der Waals surface area contributed by atoms with Crippen LogP contribution in [0.5, 0.6) is 0 Å². The summed E-state index contributed by atoms with van der Waals surface area (Å²) < 4.78 is 4.30. The van der Waals surface area contributed by atoms with Crippen LogP contribution in [0.15, 0.2) is 152 Å². The van der Waals surface area contributed by atoms with Crippen molar-refractivity contribution in [1.29, 1.82) is 0 Å². The number of benzene rings is 6. The summed E-state index contributed by atoms with van der Waals surface area (Å²) in [6.45, 7) is 2.12. The van der Waals surface area contributed by atoms with Gasteiger partial charge in [-0.3, -0.25) is 0 Å². The molecule has 0 aliphatic carbocycles. The maximum atomic E-state index is 4.97. The third-order valence-electron chi connectivity index (χ3n) is 8.08. The molecule has 0 amide bonds. The van der Waals surface area contributed by atoms with Crippen LogP contribution in [0, 0.1) is 6.92 Å². The zero-order valence-corrected chi connectivity index (χ0v) is 23.7. The first-order valence-corrected chi connectivity index (χ1v) is 14.5. The molecule has 43 heavy (non-hydrogen) atoms.